The molecule has 21 heavy (non-hydrogen) atoms. The molecular weight excluding hydrogens is 274 g/mol. The van der Waals surface area contributed by atoms with Gasteiger partial charge in [0.25, 0.3) is 0 Å². The average molecular weight is 293 g/mol. The largest absolute Gasteiger partial charge is 0.364 e. The third-order valence-corrected chi connectivity index (χ3v) is 3.05. The lowest BCUT2D eigenvalue weighted by molar-refractivity contribution is -0.384. The van der Waals surface area contributed by atoms with Gasteiger partial charge in [0.05, 0.1) is 4.92 Å². The fourth-order valence-electron chi connectivity index (χ4n) is 2.15. The lowest BCUT2D eigenvalue weighted by Gasteiger charge is -2.04. The minimum Gasteiger partial charge on any atom is -0.364 e. The summed E-state index contributed by atoms with van der Waals surface area (Å²) in [5.41, 5.74) is 0.580. The lowest BCUT2D eigenvalue weighted by Crippen LogP contribution is -2.11. The van der Waals surface area contributed by atoms with Crippen LogP contribution >= 0.6 is 0 Å². The SMILES string of the molecule is CCCc1nn(C)c(NCCc2ncn(C)n2)c1[N+](=O)[O-]. The molecule has 9 nitrogen and oxygen atoms in total. The minimum atomic E-state index is -0.376. The number of nitro groups is 1. The van der Waals surface area contributed by atoms with E-state index in [1.165, 1.54) is 4.68 Å². The monoisotopic (exact) mass is 293 g/mol. The summed E-state index contributed by atoms with van der Waals surface area (Å²) in [7, 11) is 3.50. The van der Waals surface area contributed by atoms with Crippen molar-refractivity contribution in [2.45, 2.75) is 26.2 Å². The Morgan fingerprint density at radius 2 is 2.10 bits per heavy atom. The van der Waals surface area contributed by atoms with Gasteiger partial charge in [0, 0.05) is 27.1 Å². The third-order valence-electron chi connectivity index (χ3n) is 3.05. The van der Waals surface area contributed by atoms with Gasteiger partial charge in [-0.3, -0.25) is 14.8 Å². The van der Waals surface area contributed by atoms with Gasteiger partial charge < -0.3 is 5.32 Å². The fraction of sp³-hybridized carbons (Fsp3) is 0.583. The van der Waals surface area contributed by atoms with E-state index in [1.807, 2.05) is 6.92 Å². The maximum Gasteiger partial charge on any atom is 0.333 e. The number of hydrogen-bond acceptors (Lipinski definition) is 6. The number of anilines is 1. The van der Waals surface area contributed by atoms with Gasteiger partial charge in [-0.2, -0.15) is 10.2 Å². The van der Waals surface area contributed by atoms with Gasteiger partial charge in [0.2, 0.25) is 5.82 Å². The van der Waals surface area contributed by atoms with Crippen LogP contribution in [0.1, 0.15) is 24.9 Å². The van der Waals surface area contributed by atoms with Crippen LogP contribution in [0.5, 0.6) is 0 Å². The first-order valence-electron chi connectivity index (χ1n) is 6.81. The first-order valence-corrected chi connectivity index (χ1v) is 6.81. The Labute approximate surface area is 122 Å². The number of nitrogens with zero attached hydrogens (tertiary/aromatic N) is 6. The summed E-state index contributed by atoms with van der Waals surface area (Å²) in [5, 5.41) is 22.7. The molecule has 0 spiro atoms. The van der Waals surface area contributed by atoms with Crippen LogP contribution in [-0.4, -0.2) is 36.0 Å². The Kier molecular flexibility index (Phi) is 4.51. The first kappa shape index (κ1) is 14.9. The van der Waals surface area contributed by atoms with E-state index in [1.54, 1.807) is 25.1 Å². The van der Waals surface area contributed by atoms with Crippen molar-refractivity contribution in [2.24, 2.45) is 14.1 Å². The number of aryl methyl sites for hydroxylation is 3. The summed E-state index contributed by atoms with van der Waals surface area (Å²) in [4.78, 5) is 15.0. The number of aromatic nitrogens is 5. The summed E-state index contributed by atoms with van der Waals surface area (Å²) in [6.45, 7) is 2.48. The van der Waals surface area contributed by atoms with Crippen LogP contribution < -0.4 is 5.32 Å². The molecule has 9 heteroatoms. The Balaban J connectivity index is 2.09. The average Bonchev–Trinajstić information content (AvgIpc) is 2.95. The van der Waals surface area contributed by atoms with Crippen molar-refractivity contribution < 1.29 is 4.92 Å². The van der Waals surface area contributed by atoms with E-state index in [9.17, 15) is 10.1 Å². The molecule has 0 bridgehead atoms. The van der Waals surface area contributed by atoms with Gasteiger partial charge in [-0.05, 0) is 6.42 Å². The van der Waals surface area contributed by atoms with Crippen LogP contribution in [-0.2, 0) is 26.9 Å². The zero-order valence-corrected chi connectivity index (χ0v) is 12.4. The second-order valence-electron chi connectivity index (χ2n) is 4.79. The van der Waals surface area contributed by atoms with E-state index in [2.05, 4.69) is 20.5 Å². The third kappa shape index (κ3) is 3.36. The second kappa shape index (κ2) is 6.33. The van der Waals surface area contributed by atoms with E-state index >= 15 is 0 Å². The van der Waals surface area contributed by atoms with E-state index in [-0.39, 0.29) is 10.6 Å². The normalized spacial score (nSPS) is 10.8. The quantitative estimate of drug-likeness (QED) is 0.604. The standard InChI is InChI=1S/C12H19N7O2/c1-4-5-9-11(19(20)21)12(18(3)15-9)13-7-6-10-14-8-17(2)16-10/h8,13H,4-7H2,1-3H3. The van der Waals surface area contributed by atoms with Crippen molar-refractivity contribution >= 4 is 11.5 Å². The fourth-order valence-corrected chi connectivity index (χ4v) is 2.15. The van der Waals surface area contributed by atoms with Gasteiger partial charge in [-0.25, -0.2) is 9.67 Å². The van der Waals surface area contributed by atoms with Crippen molar-refractivity contribution in [1.29, 1.82) is 0 Å². The molecule has 0 aromatic carbocycles. The van der Waals surface area contributed by atoms with Crippen molar-refractivity contribution in [3.8, 4) is 0 Å². The summed E-state index contributed by atoms with van der Waals surface area (Å²) in [6, 6.07) is 0. The van der Waals surface area contributed by atoms with Crippen molar-refractivity contribution in [3.05, 3.63) is 28.0 Å². The predicted octanol–water partition coefficient (Wildman–Crippen LogP) is 1.06. The van der Waals surface area contributed by atoms with E-state index in [4.69, 9.17) is 0 Å². The van der Waals surface area contributed by atoms with Gasteiger partial charge in [-0.15, -0.1) is 0 Å². The molecule has 2 aromatic rings. The zero-order valence-electron chi connectivity index (χ0n) is 12.4. The van der Waals surface area contributed by atoms with Crippen molar-refractivity contribution in [1.82, 2.24) is 24.5 Å². The molecule has 0 aliphatic rings. The highest BCUT2D eigenvalue weighted by Crippen LogP contribution is 2.28. The molecule has 0 amide bonds. The smallest absolute Gasteiger partial charge is 0.333 e. The molecule has 0 unspecified atom stereocenters. The van der Waals surface area contributed by atoms with Crippen LogP contribution in [0.3, 0.4) is 0 Å². The van der Waals surface area contributed by atoms with Crippen LogP contribution in [0.4, 0.5) is 11.5 Å². The molecule has 0 atom stereocenters. The molecule has 0 aliphatic carbocycles. The second-order valence-corrected chi connectivity index (χ2v) is 4.79. The highest BCUT2D eigenvalue weighted by atomic mass is 16.6. The Morgan fingerprint density at radius 3 is 2.67 bits per heavy atom. The Bertz CT molecular complexity index is 632. The van der Waals surface area contributed by atoms with Gasteiger partial charge in [0.1, 0.15) is 12.0 Å². The first-order chi connectivity index (χ1) is 10.0. The van der Waals surface area contributed by atoms with Crippen LogP contribution in [0.15, 0.2) is 6.33 Å². The van der Waals surface area contributed by atoms with Crippen LogP contribution in [0.25, 0.3) is 0 Å². The molecule has 0 radical (unpaired) electrons. The van der Waals surface area contributed by atoms with Crippen LogP contribution in [0.2, 0.25) is 0 Å². The highest BCUT2D eigenvalue weighted by molar-refractivity contribution is 5.59. The van der Waals surface area contributed by atoms with Gasteiger partial charge in [0.15, 0.2) is 5.82 Å². The molecule has 0 saturated carbocycles. The molecule has 0 aliphatic heterocycles. The van der Waals surface area contributed by atoms with E-state index in [0.717, 1.165) is 6.42 Å². The minimum absolute atomic E-state index is 0.0633. The van der Waals surface area contributed by atoms with E-state index in [0.29, 0.717) is 36.7 Å². The van der Waals surface area contributed by atoms with E-state index < -0.39 is 0 Å². The van der Waals surface area contributed by atoms with Gasteiger partial charge >= 0.3 is 5.69 Å². The molecule has 114 valence electrons. The summed E-state index contributed by atoms with van der Waals surface area (Å²) < 4.78 is 3.15. The molecule has 0 saturated heterocycles. The maximum absolute atomic E-state index is 11.3. The molecular formula is C12H19N7O2. The summed E-state index contributed by atoms with van der Waals surface area (Å²) in [5.74, 6) is 1.13. The number of hydrogen-bond donors (Lipinski definition) is 1. The zero-order chi connectivity index (χ0) is 15.4. The number of nitrogens with one attached hydrogen (secondary N) is 1. The van der Waals surface area contributed by atoms with Gasteiger partial charge in [-0.1, -0.05) is 13.3 Å². The topological polar surface area (TPSA) is 104 Å². The molecule has 2 aromatic heterocycles. The lowest BCUT2D eigenvalue weighted by atomic mass is 10.2. The maximum atomic E-state index is 11.3. The van der Waals surface area contributed by atoms with Crippen LogP contribution in [0, 0.1) is 10.1 Å². The summed E-state index contributed by atoms with van der Waals surface area (Å²) >= 11 is 0. The molecule has 2 heterocycles. The number of rotatable bonds is 7. The Hall–Kier alpha value is -2.45. The van der Waals surface area contributed by atoms with Crippen molar-refractivity contribution in [2.75, 3.05) is 11.9 Å². The summed E-state index contributed by atoms with van der Waals surface area (Å²) in [6.07, 6.45) is 3.62. The predicted molar refractivity (Wildman–Crippen MR) is 77.1 cm³/mol. The van der Waals surface area contributed by atoms with Crippen molar-refractivity contribution in [3.63, 3.8) is 0 Å². The Morgan fingerprint density at radius 1 is 1.33 bits per heavy atom. The molecule has 0 fully saturated rings. The highest BCUT2D eigenvalue weighted by Gasteiger charge is 2.25. The molecule has 1 N–H and O–H groups in total. The molecule has 2 rings (SSSR count).